The van der Waals surface area contributed by atoms with Gasteiger partial charge in [-0.1, -0.05) is 0 Å². The van der Waals surface area contributed by atoms with Gasteiger partial charge in [0.15, 0.2) is 0 Å². The number of carboxylic acid groups (broad SMARTS) is 1. The van der Waals surface area contributed by atoms with E-state index in [1.54, 1.807) is 6.26 Å². The van der Waals surface area contributed by atoms with E-state index in [9.17, 15) is 9.59 Å². The van der Waals surface area contributed by atoms with E-state index in [-0.39, 0.29) is 5.91 Å². The van der Waals surface area contributed by atoms with E-state index in [1.165, 1.54) is 18.7 Å². The monoisotopic (exact) mass is 177 g/mol. The molecule has 0 saturated carbocycles. The van der Waals surface area contributed by atoms with Crippen LogP contribution in [0.15, 0.2) is 0 Å². The van der Waals surface area contributed by atoms with Crippen LogP contribution in [0.5, 0.6) is 0 Å². The zero-order valence-electron chi connectivity index (χ0n) is 6.46. The lowest BCUT2D eigenvalue weighted by molar-refractivity contribution is -0.140. The summed E-state index contributed by atoms with van der Waals surface area (Å²) < 4.78 is 0. The second-order valence-corrected chi connectivity index (χ2v) is 2.93. The van der Waals surface area contributed by atoms with Crippen molar-refractivity contribution in [1.82, 2.24) is 5.32 Å². The Kier molecular flexibility index (Phi) is 4.69. The fourth-order valence-electron chi connectivity index (χ4n) is 0.476. The van der Waals surface area contributed by atoms with Gasteiger partial charge in [-0.05, 0) is 13.2 Å². The molecule has 0 radical (unpaired) electrons. The number of amides is 1. The summed E-state index contributed by atoms with van der Waals surface area (Å²) in [5, 5.41) is 10.7. The van der Waals surface area contributed by atoms with Gasteiger partial charge in [0.1, 0.15) is 6.04 Å². The van der Waals surface area contributed by atoms with E-state index in [0.29, 0.717) is 5.75 Å². The molecule has 0 aliphatic carbocycles. The number of aliphatic carboxylic acids is 1. The van der Waals surface area contributed by atoms with Crippen LogP contribution >= 0.6 is 11.8 Å². The summed E-state index contributed by atoms with van der Waals surface area (Å²) >= 11 is 1.36. The minimum Gasteiger partial charge on any atom is -0.480 e. The Morgan fingerprint density at radius 3 is 2.55 bits per heavy atom. The summed E-state index contributed by atoms with van der Waals surface area (Å²) in [4.78, 5) is 21.0. The number of thioether (sulfide) groups is 1. The van der Waals surface area contributed by atoms with Crippen LogP contribution in [0.2, 0.25) is 0 Å². The largest absolute Gasteiger partial charge is 0.480 e. The summed E-state index contributed by atoms with van der Waals surface area (Å²) in [5.74, 6) is -0.954. The van der Waals surface area contributed by atoms with Crippen LogP contribution in [-0.2, 0) is 9.59 Å². The van der Waals surface area contributed by atoms with Crippen molar-refractivity contribution >= 4 is 23.6 Å². The standard InChI is InChI=1S/C6H11NO3S/c1-4(6(9)10)7-5(8)3-11-2/h4H,3H2,1-2H3,(H,7,8)(H,9,10)/t4-/m1/s1. The molecule has 1 atom stereocenters. The number of carbonyl (C=O) groups is 2. The third kappa shape index (κ3) is 4.66. The lowest BCUT2D eigenvalue weighted by atomic mass is 10.3. The van der Waals surface area contributed by atoms with Gasteiger partial charge in [-0.15, -0.1) is 0 Å². The van der Waals surface area contributed by atoms with Crippen LogP contribution in [0.1, 0.15) is 6.92 Å². The Hall–Kier alpha value is -0.710. The van der Waals surface area contributed by atoms with Crippen LogP contribution in [0.3, 0.4) is 0 Å². The summed E-state index contributed by atoms with van der Waals surface area (Å²) in [6, 6.07) is -0.797. The summed E-state index contributed by atoms with van der Waals surface area (Å²) in [7, 11) is 0. The van der Waals surface area contributed by atoms with E-state index >= 15 is 0 Å². The fourth-order valence-corrected chi connectivity index (χ4v) is 0.822. The normalized spacial score (nSPS) is 12.2. The summed E-state index contributed by atoms with van der Waals surface area (Å²) in [6.45, 7) is 1.43. The molecule has 0 spiro atoms. The Balaban J connectivity index is 3.66. The predicted octanol–water partition coefficient (Wildman–Crippen LogP) is -0.0613. The SMILES string of the molecule is CSCC(=O)N[C@H](C)C(=O)O. The van der Waals surface area contributed by atoms with E-state index in [0.717, 1.165) is 0 Å². The topological polar surface area (TPSA) is 66.4 Å². The molecule has 0 aromatic heterocycles. The first-order valence-corrected chi connectivity index (χ1v) is 4.48. The molecule has 4 nitrogen and oxygen atoms in total. The molecule has 64 valence electrons. The Bertz CT molecular complexity index is 160. The van der Waals surface area contributed by atoms with Crippen LogP contribution in [-0.4, -0.2) is 35.0 Å². The van der Waals surface area contributed by atoms with Gasteiger partial charge in [0.2, 0.25) is 5.91 Å². The maximum atomic E-state index is 10.8. The van der Waals surface area contributed by atoms with Crippen LogP contribution in [0.4, 0.5) is 0 Å². The van der Waals surface area contributed by atoms with E-state index in [4.69, 9.17) is 5.11 Å². The molecule has 0 heterocycles. The molecule has 0 bridgehead atoms. The number of carboxylic acids is 1. The molecular weight excluding hydrogens is 166 g/mol. The molecular formula is C6H11NO3S. The fraction of sp³-hybridized carbons (Fsp3) is 0.667. The predicted molar refractivity (Wildman–Crippen MR) is 43.6 cm³/mol. The van der Waals surface area contributed by atoms with Crippen molar-refractivity contribution < 1.29 is 14.7 Å². The first-order valence-electron chi connectivity index (χ1n) is 3.09. The number of hydrogen-bond acceptors (Lipinski definition) is 3. The van der Waals surface area contributed by atoms with Gasteiger partial charge >= 0.3 is 5.97 Å². The molecule has 11 heavy (non-hydrogen) atoms. The molecule has 0 unspecified atom stereocenters. The summed E-state index contributed by atoms with van der Waals surface area (Å²) in [6.07, 6.45) is 1.78. The average Bonchev–Trinajstić information content (AvgIpc) is 1.87. The van der Waals surface area contributed by atoms with Gasteiger partial charge in [-0.2, -0.15) is 11.8 Å². The number of hydrogen-bond donors (Lipinski definition) is 2. The molecule has 0 aromatic rings. The first-order chi connectivity index (χ1) is 5.07. The third-order valence-corrected chi connectivity index (χ3v) is 1.57. The molecule has 0 rings (SSSR count). The molecule has 1 amide bonds. The third-order valence-electron chi connectivity index (χ3n) is 1.02. The van der Waals surface area contributed by atoms with Crippen molar-refractivity contribution in [3.8, 4) is 0 Å². The van der Waals surface area contributed by atoms with Gasteiger partial charge in [0.05, 0.1) is 5.75 Å². The average molecular weight is 177 g/mol. The zero-order chi connectivity index (χ0) is 8.85. The lowest BCUT2D eigenvalue weighted by Gasteiger charge is -2.07. The van der Waals surface area contributed by atoms with Gasteiger partial charge in [-0.25, -0.2) is 0 Å². The van der Waals surface area contributed by atoms with Gasteiger partial charge in [0.25, 0.3) is 0 Å². The van der Waals surface area contributed by atoms with E-state index in [1.807, 2.05) is 0 Å². The number of carbonyl (C=O) groups excluding carboxylic acids is 1. The second kappa shape index (κ2) is 5.01. The Morgan fingerprint density at radius 1 is 1.64 bits per heavy atom. The van der Waals surface area contributed by atoms with Crippen LogP contribution in [0.25, 0.3) is 0 Å². The second-order valence-electron chi connectivity index (χ2n) is 2.06. The molecule has 0 fully saturated rings. The molecule has 0 aliphatic heterocycles. The van der Waals surface area contributed by atoms with Crippen molar-refractivity contribution in [1.29, 1.82) is 0 Å². The van der Waals surface area contributed by atoms with Gasteiger partial charge < -0.3 is 10.4 Å². The maximum Gasteiger partial charge on any atom is 0.325 e. The van der Waals surface area contributed by atoms with E-state index in [2.05, 4.69) is 5.32 Å². The van der Waals surface area contributed by atoms with Crippen molar-refractivity contribution in [2.75, 3.05) is 12.0 Å². The number of nitrogens with one attached hydrogen (secondary N) is 1. The molecule has 2 N–H and O–H groups in total. The molecule has 5 heteroatoms. The highest BCUT2D eigenvalue weighted by Gasteiger charge is 2.12. The van der Waals surface area contributed by atoms with Gasteiger partial charge in [0, 0.05) is 0 Å². The van der Waals surface area contributed by atoms with Crippen molar-refractivity contribution in [2.45, 2.75) is 13.0 Å². The first kappa shape index (κ1) is 10.3. The smallest absolute Gasteiger partial charge is 0.325 e. The zero-order valence-corrected chi connectivity index (χ0v) is 7.27. The Labute approximate surface area is 69.4 Å². The van der Waals surface area contributed by atoms with E-state index < -0.39 is 12.0 Å². The maximum absolute atomic E-state index is 10.8. The Morgan fingerprint density at radius 2 is 2.18 bits per heavy atom. The quantitative estimate of drug-likeness (QED) is 0.631. The minimum absolute atomic E-state index is 0.243. The van der Waals surface area contributed by atoms with Crippen molar-refractivity contribution in [3.63, 3.8) is 0 Å². The molecule has 0 aliphatic rings. The van der Waals surface area contributed by atoms with Crippen LogP contribution < -0.4 is 5.32 Å². The summed E-state index contributed by atoms with van der Waals surface area (Å²) in [5.41, 5.74) is 0. The molecule has 0 aromatic carbocycles. The number of rotatable bonds is 4. The highest BCUT2D eigenvalue weighted by Crippen LogP contribution is 1.90. The highest BCUT2D eigenvalue weighted by atomic mass is 32.2. The highest BCUT2D eigenvalue weighted by molar-refractivity contribution is 7.99. The van der Waals surface area contributed by atoms with Crippen molar-refractivity contribution in [2.24, 2.45) is 0 Å². The van der Waals surface area contributed by atoms with Crippen molar-refractivity contribution in [3.05, 3.63) is 0 Å². The lowest BCUT2D eigenvalue weighted by Crippen LogP contribution is -2.39. The van der Waals surface area contributed by atoms with Gasteiger partial charge in [-0.3, -0.25) is 9.59 Å². The minimum atomic E-state index is -1.01. The molecule has 0 saturated heterocycles. The van der Waals surface area contributed by atoms with Crippen LogP contribution in [0, 0.1) is 0 Å².